The zero-order chi connectivity index (χ0) is 16.2. The van der Waals surface area contributed by atoms with Crippen LogP contribution in [0.25, 0.3) is 0 Å². The molecule has 2 aromatic rings. The van der Waals surface area contributed by atoms with E-state index in [1.807, 2.05) is 30.3 Å². The van der Waals surface area contributed by atoms with E-state index < -0.39 is 11.8 Å². The number of benzene rings is 2. The number of fused-ring (bicyclic) bond motifs is 1. The quantitative estimate of drug-likeness (QED) is 0.572. The maximum atomic E-state index is 11.7. The monoisotopic (exact) mass is 347 g/mol. The van der Waals surface area contributed by atoms with E-state index in [1.54, 1.807) is 18.2 Å². The summed E-state index contributed by atoms with van der Waals surface area (Å²) < 4.78 is 10.5. The highest BCUT2D eigenvalue weighted by Crippen LogP contribution is 2.34. The Morgan fingerprint density at radius 3 is 2.58 bits per heavy atom. The third-order valence-corrected chi connectivity index (χ3v) is 3.62. The molecule has 24 heavy (non-hydrogen) atoms. The van der Waals surface area contributed by atoms with Gasteiger partial charge in [0.15, 0.2) is 11.5 Å². The Bertz CT molecular complexity index is 737. The molecular formula is C17H18ClN3O3. The Morgan fingerprint density at radius 2 is 1.88 bits per heavy atom. The SMILES string of the molecule is Cl.N=C(CC(C(N)=O)c1ccccc1)Nc1ccc2c(c1)OCO2. The van der Waals surface area contributed by atoms with Crippen LogP contribution in [0.2, 0.25) is 0 Å². The Morgan fingerprint density at radius 1 is 1.17 bits per heavy atom. The van der Waals surface area contributed by atoms with Crippen LogP contribution in [-0.2, 0) is 4.79 Å². The van der Waals surface area contributed by atoms with Crippen LogP contribution < -0.4 is 20.5 Å². The van der Waals surface area contributed by atoms with Gasteiger partial charge in [-0.15, -0.1) is 12.4 Å². The molecule has 1 heterocycles. The maximum Gasteiger partial charge on any atom is 0.231 e. The van der Waals surface area contributed by atoms with Crippen molar-refractivity contribution < 1.29 is 14.3 Å². The number of carbonyl (C=O) groups is 1. The lowest BCUT2D eigenvalue weighted by Crippen LogP contribution is -2.26. The van der Waals surface area contributed by atoms with Crippen LogP contribution in [0.4, 0.5) is 5.69 Å². The van der Waals surface area contributed by atoms with E-state index in [1.165, 1.54) is 0 Å². The third-order valence-electron chi connectivity index (χ3n) is 3.62. The molecule has 1 amide bonds. The molecule has 1 atom stereocenters. The zero-order valence-corrected chi connectivity index (χ0v) is 13.6. The summed E-state index contributed by atoms with van der Waals surface area (Å²) in [6, 6.07) is 14.6. The number of anilines is 1. The Hall–Kier alpha value is -2.73. The predicted octanol–water partition coefficient (Wildman–Crippen LogP) is 2.89. The lowest BCUT2D eigenvalue weighted by molar-refractivity contribution is -0.119. The molecule has 126 valence electrons. The Labute approximate surface area is 145 Å². The average Bonchev–Trinajstić information content (AvgIpc) is 3.01. The standard InChI is InChI=1S/C17H17N3O3.ClH/c18-16(9-13(17(19)21)11-4-2-1-3-5-11)20-12-6-7-14-15(8-12)23-10-22-14;/h1-8,13H,9-10H2,(H2,18,20)(H2,19,21);1H. The van der Waals surface area contributed by atoms with Gasteiger partial charge in [0.05, 0.1) is 11.8 Å². The van der Waals surface area contributed by atoms with Crippen molar-refractivity contribution in [2.45, 2.75) is 12.3 Å². The van der Waals surface area contributed by atoms with Crippen molar-refractivity contribution in [2.24, 2.45) is 5.73 Å². The van der Waals surface area contributed by atoms with E-state index in [4.69, 9.17) is 20.6 Å². The minimum Gasteiger partial charge on any atom is -0.454 e. The van der Waals surface area contributed by atoms with Crippen molar-refractivity contribution in [1.82, 2.24) is 0 Å². The summed E-state index contributed by atoms with van der Waals surface area (Å²) in [6.07, 6.45) is 0.202. The second-order valence-electron chi connectivity index (χ2n) is 5.24. The fourth-order valence-electron chi connectivity index (χ4n) is 2.47. The minimum atomic E-state index is -0.537. The van der Waals surface area contributed by atoms with E-state index in [2.05, 4.69) is 5.32 Å². The molecule has 0 bridgehead atoms. The second-order valence-corrected chi connectivity index (χ2v) is 5.24. The summed E-state index contributed by atoms with van der Waals surface area (Å²) >= 11 is 0. The van der Waals surface area contributed by atoms with E-state index in [-0.39, 0.29) is 31.5 Å². The van der Waals surface area contributed by atoms with Crippen LogP contribution in [-0.4, -0.2) is 18.5 Å². The smallest absolute Gasteiger partial charge is 0.231 e. The number of nitrogens with two attached hydrogens (primary N) is 1. The van der Waals surface area contributed by atoms with Crippen molar-refractivity contribution in [3.8, 4) is 11.5 Å². The molecule has 0 saturated carbocycles. The number of rotatable bonds is 5. The summed E-state index contributed by atoms with van der Waals surface area (Å²) in [5, 5.41) is 11.1. The Kier molecular flexibility index (Phi) is 5.65. The molecule has 0 aliphatic carbocycles. The highest BCUT2D eigenvalue weighted by atomic mass is 35.5. The van der Waals surface area contributed by atoms with Crippen LogP contribution >= 0.6 is 12.4 Å². The molecule has 0 radical (unpaired) electrons. The number of amidine groups is 1. The van der Waals surface area contributed by atoms with Gasteiger partial charge in [0, 0.05) is 18.2 Å². The van der Waals surface area contributed by atoms with E-state index in [9.17, 15) is 4.79 Å². The van der Waals surface area contributed by atoms with Gasteiger partial charge >= 0.3 is 0 Å². The molecule has 1 aliphatic rings. The second kappa shape index (κ2) is 7.70. The van der Waals surface area contributed by atoms with Crippen LogP contribution in [0.15, 0.2) is 48.5 Å². The molecule has 3 rings (SSSR count). The van der Waals surface area contributed by atoms with Crippen molar-refractivity contribution in [3.05, 3.63) is 54.1 Å². The minimum absolute atomic E-state index is 0. The number of nitrogens with one attached hydrogen (secondary N) is 2. The summed E-state index contributed by atoms with van der Waals surface area (Å²) in [5.41, 5.74) is 6.99. The summed E-state index contributed by atoms with van der Waals surface area (Å²) in [7, 11) is 0. The molecule has 0 saturated heterocycles. The van der Waals surface area contributed by atoms with E-state index >= 15 is 0 Å². The third kappa shape index (κ3) is 3.97. The highest BCUT2D eigenvalue weighted by Gasteiger charge is 2.20. The van der Waals surface area contributed by atoms with Gasteiger partial charge in [0.1, 0.15) is 0 Å². The number of hydrogen-bond acceptors (Lipinski definition) is 4. The number of halogens is 1. The summed E-state index contributed by atoms with van der Waals surface area (Å²) in [6.45, 7) is 0.202. The first-order valence-electron chi connectivity index (χ1n) is 7.22. The highest BCUT2D eigenvalue weighted by molar-refractivity contribution is 5.97. The lowest BCUT2D eigenvalue weighted by atomic mass is 9.94. The van der Waals surface area contributed by atoms with E-state index in [0.29, 0.717) is 17.2 Å². The lowest BCUT2D eigenvalue weighted by Gasteiger charge is -2.15. The van der Waals surface area contributed by atoms with Gasteiger partial charge in [-0.05, 0) is 17.7 Å². The fraction of sp³-hybridized carbons (Fsp3) is 0.176. The fourth-order valence-corrected chi connectivity index (χ4v) is 2.47. The first kappa shape index (κ1) is 17.6. The van der Waals surface area contributed by atoms with Crippen LogP contribution in [0.5, 0.6) is 11.5 Å². The van der Waals surface area contributed by atoms with Gasteiger partial charge in [-0.25, -0.2) is 0 Å². The molecular weight excluding hydrogens is 330 g/mol. The maximum absolute atomic E-state index is 11.7. The van der Waals surface area contributed by atoms with Gasteiger partial charge in [-0.3, -0.25) is 10.2 Å². The topological polar surface area (TPSA) is 97.4 Å². The molecule has 1 unspecified atom stereocenters. The number of amides is 1. The van der Waals surface area contributed by atoms with E-state index in [0.717, 1.165) is 5.56 Å². The van der Waals surface area contributed by atoms with Gasteiger partial charge in [0.25, 0.3) is 0 Å². The largest absolute Gasteiger partial charge is 0.454 e. The number of primary amides is 1. The molecule has 4 N–H and O–H groups in total. The molecule has 7 heteroatoms. The van der Waals surface area contributed by atoms with Crippen LogP contribution in [0.1, 0.15) is 17.9 Å². The normalized spacial score (nSPS) is 12.8. The predicted molar refractivity (Wildman–Crippen MR) is 94.2 cm³/mol. The first-order valence-corrected chi connectivity index (χ1v) is 7.22. The van der Waals surface area contributed by atoms with Crippen LogP contribution in [0.3, 0.4) is 0 Å². The molecule has 0 fully saturated rings. The molecule has 1 aliphatic heterocycles. The van der Waals surface area contributed by atoms with Crippen molar-refractivity contribution in [2.75, 3.05) is 12.1 Å². The van der Waals surface area contributed by atoms with Gasteiger partial charge < -0.3 is 20.5 Å². The summed E-state index contributed by atoms with van der Waals surface area (Å²) in [5.74, 6) is 0.536. The summed E-state index contributed by atoms with van der Waals surface area (Å²) in [4.78, 5) is 11.7. The average molecular weight is 348 g/mol. The van der Waals surface area contributed by atoms with Gasteiger partial charge in [-0.1, -0.05) is 30.3 Å². The molecule has 6 nitrogen and oxygen atoms in total. The van der Waals surface area contributed by atoms with Crippen molar-refractivity contribution in [1.29, 1.82) is 5.41 Å². The molecule has 2 aromatic carbocycles. The zero-order valence-electron chi connectivity index (χ0n) is 12.8. The Balaban J connectivity index is 0.00000208. The molecule has 0 aromatic heterocycles. The number of carbonyl (C=O) groups excluding carboxylic acids is 1. The van der Waals surface area contributed by atoms with Crippen molar-refractivity contribution >= 4 is 29.8 Å². The van der Waals surface area contributed by atoms with Gasteiger partial charge in [0.2, 0.25) is 12.7 Å². The number of hydrogen-bond donors (Lipinski definition) is 3. The van der Waals surface area contributed by atoms with Gasteiger partial charge in [-0.2, -0.15) is 0 Å². The molecule has 0 spiro atoms. The van der Waals surface area contributed by atoms with Crippen molar-refractivity contribution in [3.63, 3.8) is 0 Å². The first-order chi connectivity index (χ1) is 11.1. The number of ether oxygens (including phenoxy) is 2. The van der Waals surface area contributed by atoms with Crippen LogP contribution in [0, 0.1) is 5.41 Å².